The number of hydrogen-bond acceptors (Lipinski definition) is 5. The monoisotopic (exact) mass is 453 g/mol. The van der Waals surface area contributed by atoms with E-state index in [4.69, 9.17) is 9.15 Å². The van der Waals surface area contributed by atoms with Crippen molar-refractivity contribution < 1.29 is 23.8 Å². The van der Waals surface area contributed by atoms with Crippen molar-refractivity contribution in [3.05, 3.63) is 113 Å². The summed E-state index contributed by atoms with van der Waals surface area (Å²) in [7, 11) is 1.58. The van der Waals surface area contributed by atoms with Crippen molar-refractivity contribution in [2.75, 3.05) is 7.11 Å². The number of amides is 1. The number of rotatable bonds is 6. The molecule has 1 N–H and O–H groups in total. The molecule has 0 radical (unpaired) electrons. The van der Waals surface area contributed by atoms with Crippen molar-refractivity contribution in [2.45, 2.75) is 19.5 Å². The van der Waals surface area contributed by atoms with Crippen LogP contribution in [0.4, 0.5) is 0 Å². The smallest absolute Gasteiger partial charge is 0.290 e. The number of ketones is 1. The van der Waals surface area contributed by atoms with E-state index in [9.17, 15) is 14.7 Å². The van der Waals surface area contributed by atoms with E-state index in [0.29, 0.717) is 11.3 Å². The van der Waals surface area contributed by atoms with Crippen molar-refractivity contribution in [3.63, 3.8) is 0 Å². The number of aliphatic hydroxyl groups is 1. The lowest BCUT2D eigenvalue weighted by Gasteiger charge is -2.27. The van der Waals surface area contributed by atoms with Crippen molar-refractivity contribution in [2.24, 2.45) is 0 Å². The third kappa shape index (κ3) is 3.73. The largest absolute Gasteiger partial charge is 0.503 e. The van der Waals surface area contributed by atoms with E-state index in [1.54, 1.807) is 19.2 Å². The van der Waals surface area contributed by atoms with Gasteiger partial charge in [-0.1, -0.05) is 60.2 Å². The number of benzene rings is 3. The molecule has 5 rings (SSSR count). The van der Waals surface area contributed by atoms with Crippen molar-refractivity contribution in [3.8, 4) is 5.75 Å². The second-order valence-electron chi connectivity index (χ2n) is 8.34. The maximum absolute atomic E-state index is 13.6. The number of carbonyl (C=O) groups excluding carboxylic acids is 2. The fourth-order valence-corrected chi connectivity index (χ4v) is 4.43. The minimum atomic E-state index is -0.765. The number of carbonyl (C=O) groups is 2. The normalized spacial score (nSPS) is 15.9. The first-order valence-electron chi connectivity index (χ1n) is 10.9. The Kier molecular flexibility index (Phi) is 5.42. The van der Waals surface area contributed by atoms with Crippen molar-refractivity contribution in [1.82, 2.24) is 4.90 Å². The average molecular weight is 453 g/mol. The van der Waals surface area contributed by atoms with Crippen LogP contribution < -0.4 is 4.74 Å². The summed E-state index contributed by atoms with van der Waals surface area (Å²) in [6.45, 7) is 2.13. The molecule has 1 aromatic heterocycles. The van der Waals surface area contributed by atoms with Gasteiger partial charge in [0, 0.05) is 11.9 Å². The van der Waals surface area contributed by atoms with E-state index >= 15 is 0 Å². The fraction of sp³-hybridized carbons (Fsp3) is 0.143. The number of hydrogen-bond donors (Lipinski definition) is 1. The lowest BCUT2D eigenvalue weighted by molar-refractivity contribution is -0.130. The van der Waals surface area contributed by atoms with Gasteiger partial charge in [0.05, 0.1) is 18.7 Å². The highest BCUT2D eigenvalue weighted by molar-refractivity contribution is 6.16. The first-order valence-corrected chi connectivity index (χ1v) is 10.9. The van der Waals surface area contributed by atoms with Gasteiger partial charge in [-0.2, -0.15) is 0 Å². The molecule has 170 valence electrons. The Labute approximate surface area is 196 Å². The second-order valence-corrected chi connectivity index (χ2v) is 8.34. The molecule has 0 bridgehead atoms. The number of Topliss-reactive ketones (excluding diaryl/α,β-unsaturated/α-hetero) is 1. The molecule has 2 heterocycles. The Morgan fingerprint density at radius 1 is 1.03 bits per heavy atom. The van der Waals surface area contributed by atoms with Crippen LogP contribution in [-0.4, -0.2) is 28.8 Å². The number of para-hydroxylation sites is 1. The van der Waals surface area contributed by atoms with E-state index in [2.05, 4.69) is 0 Å². The lowest BCUT2D eigenvalue weighted by atomic mass is 9.94. The van der Waals surface area contributed by atoms with Gasteiger partial charge < -0.3 is 19.2 Å². The van der Waals surface area contributed by atoms with Crippen LogP contribution in [0.3, 0.4) is 0 Å². The molecule has 1 atom stereocenters. The Morgan fingerprint density at radius 2 is 1.82 bits per heavy atom. The Morgan fingerprint density at radius 3 is 2.59 bits per heavy atom. The lowest BCUT2D eigenvalue weighted by Crippen LogP contribution is -2.30. The molecular formula is C28H23NO5. The van der Waals surface area contributed by atoms with E-state index in [1.807, 2.05) is 73.7 Å². The first-order chi connectivity index (χ1) is 16.5. The summed E-state index contributed by atoms with van der Waals surface area (Å²) in [6.07, 6.45) is 0. The van der Waals surface area contributed by atoms with Gasteiger partial charge in [0.1, 0.15) is 11.3 Å². The van der Waals surface area contributed by atoms with Crippen LogP contribution in [0.1, 0.15) is 33.3 Å². The summed E-state index contributed by atoms with van der Waals surface area (Å²) in [5.74, 6) is -0.932. The minimum Gasteiger partial charge on any atom is -0.503 e. The molecule has 1 unspecified atom stereocenters. The highest BCUT2D eigenvalue weighted by Gasteiger charge is 2.44. The first kappa shape index (κ1) is 21.5. The number of furan rings is 1. The van der Waals surface area contributed by atoms with E-state index in [0.717, 1.165) is 22.1 Å². The summed E-state index contributed by atoms with van der Waals surface area (Å²) < 4.78 is 11.1. The molecule has 0 saturated heterocycles. The summed E-state index contributed by atoms with van der Waals surface area (Å²) >= 11 is 0. The number of fused-ring (bicyclic) bond motifs is 1. The summed E-state index contributed by atoms with van der Waals surface area (Å²) in [4.78, 5) is 28.4. The van der Waals surface area contributed by atoms with Gasteiger partial charge in [-0.05, 0) is 42.3 Å². The van der Waals surface area contributed by atoms with Gasteiger partial charge in [-0.3, -0.25) is 9.59 Å². The molecular weight excluding hydrogens is 430 g/mol. The predicted molar refractivity (Wildman–Crippen MR) is 128 cm³/mol. The molecule has 3 aromatic carbocycles. The molecule has 1 amide bonds. The summed E-state index contributed by atoms with van der Waals surface area (Å²) in [5.41, 5.74) is 3.11. The number of ether oxygens (including phenoxy) is 1. The highest BCUT2D eigenvalue weighted by Crippen LogP contribution is 2.40. The topological polar surface area (TPSA) is 80.0 Å². The Balaban J connectivity index is 1.60. The number of nitrogens with zero attached hydrogens (tertiary/aromatic N) is 1. The van der Waals surface area contributed by atoms with Gasteiger partial charge in [-0.15, -0.1) is 0 Å². The number of aliphatic hydroxyl groups excluding tert-OH is 1. The Hall–Kier alpha value is -4.32. The Bertz CT molecular complexity index is 1410. The number of aryl methyl sites for hydroxylation is 1. The third-order valence-corrected chi connectivity index (χ3v) is 6.04. The van der Waals surface area contributed by atoms with Crippen LogP contribution in [0.25, 0.3) is 11.0 Å². The zero-order valence-corrected chi connectivity index (χ0v) is 18.8. The molecule has 0 fully saturated rings. The van der Waals surface area contributed by atoms with E-state index in [-0.39, 0.29) is 17.9 Å². The van der Waals surface area contributed by atoms with Crippen LogP contribution in [0.2, 0.25) is 0 Å². The van der Waals surface area contributed by atoms with Gasteiger partial charge in [0.15, 0.2) is 11.5 Å². The summed E-state index contributed by atoms with van der Waals surface area (Å²) in [5, 5.41) is 11.7. The SMILES string of the molecule is COc1cccc(CN2C(=O)C(O)=C(C(=O)c3cc4ccccc4o3)C2c2cccc(C)c2)c1. The minimum absolute atomic E-state index is 0.0116. The quantitative estimate of drug-likeness (QED) is 0.389. The fourth-order valence-electron chi connectivity index (χ4n) is 4.43. The molecule has 1 aliphatic rings. The van der Waals surface area contributed by atoms with Crippen LogP contribution in [0.15, 0.2) is 94.6 Å². The van der Waals surface area contributed by atoms with E-state index in [1.165, 1.54) is 4.90 Å². The van der Waals surface area contributed by atoms with Crippen LogP contribution in [-0.2, 0) is 11.3 Å². The molecule has 0 saturated carbocycles. The van der Waals surface area contributed by atoms with Crippen molar-refractivity contribution >= 4 is 22.7 Å². The maximum Gasteiger partial charge on any atom is 0.290 e. The third-order valence-electron chi connectivity index (χ3n) is 6.04. The second kappa shape index (κ2) is 8.56. The average Bonchev–Trinajstić information content (AvgIpc) is 3.39. The zero-order valence-electron chi connectivity index (χ0n) is 18.8. The maximum atomic E-state index is 13.6. The van der Waals surface area contributed by atoms with Gasteiger partial charge >= 0.3 is 0 Å². The molecule has 1 aliphatic heterocycles. The van der Waals surface area contributed by atoms with Crippen molar-refractivity contribution in [1.29, 1.82) is 0 Å². The molecule has 6 heteroatoms. The molecule has 0 spiro atoms. The summed E-state index contributed by atoms with van der Waals surface area (Å²) in [6, 6.07) is 23.1. The zero-order chi connectivity index (χ0) is 23.8. The predicted octanol–water partition coefficient (Wildman–Crippen LogP) is 5.53. The van der Waals surface area contributed by atoms with Crippen LogP contribution >= 0.6 is 0 Å². The van der Waals surface area contributed by atoms with E-state index < -0.39 is 23.5 Å². The van der Waals surface area contributed by atoms with Crippen LogP contribution in [0, 0.1) is 6.92 Å². The van der Waals surface area contributed by atoms with Crippen LogP contribution in [0.5, 0.6) is 5.75 Å². The van der Waals surface area contributed by atoms with Gasteiger partial charge in [0.25, 0.3) is 5.91 Å². The number of methoxy groups -OCH3 is 1. The molecule has 0 aliphatic carbocycles. The molecule has 6 nitrogen and oxygen atoms in total. The standard InChI is InChI=1S/C28H23NO5/c1-17-7-5-10-20(13-17)25-24(26(30)23-15-19-9-3-4-12-22(19)34-23)27(31)28(32)29(25)16-18-8-6-11-21(14-18)33-2/h3-15,25,31H,16H2,1-2H3. The highest BCUT2D eigenvalue weighted by atomic mass is 16.5. The van der Waals surface area contributed by atoms with Gasteiger partial charge in [0.2, 0.25) is 5.78 Å². The molecule has 34 heavy (non-hydrogen) atoms. The molecule has 4 aromatic rings. The van der Waals surface area contributed by atoms with Gasteiger partial charge in [-0.25, -0.2) is 0 Å².